The van der Waals surface area contributed by atoms with Gasteiger partial charge >= 0.3 is 0 Å². The molecule has 0 aliphatic rings. The Hall–Kier alpha value is -0.440. The minimum atomic E-state index is 0.138. The molecule has 0 saturated carbocycles. The van der Waals surface area contributed by atoms with E-state index in [9.17, 15) is 0 Å². The van der Waals surface area contributed by atoms with E-state index in [-0.39, 0.29) is 5.41 Å². The minimum Gasteiger partial charge on any atom is -0.0991 e. The standard InChI is InChI=1S/C12H22/c1-10(12(5,6)7)8-9-11(2,3)4/h10H,1-7H3. The predicted molar refractivity (Wildman–Crippen MR) is 55.9 cm³/mol. The van der Waals surface area contributed by atoms with E-state index >= 15 is 0 Å². The Labute approximate surface area is 77.8 Å². The molecule has 0 amide bonds. The van der Waals surface area contributed by atoms with Crippen molar-refractivity contribution in [2.75, 3.05) is 0 Å². The van der Waals surface area contributed by atoms with E-state index < -0.39 is 0 Å². The Bertz CT molecular complexity index is 187. The minimum absolute atomic E-state index is 0.138. The second kappa shape index (κ2) is 3.52. The second-order valence-electron chi connectivity index (χ2n) is 5.61. The maximum atomic E-state index is 3.31. The van der Waals surface area contributed by atoms with Crippen LogP contribution in [-0.2, 0) is 0 Å². The van der Waals surface area contributed by atoms with Crippen LogP contribution in [0.3, 0.4) is 0 Å². The fourth-order valence-electron chi connectivity index (χ4n) is 0.541. The van der Waals surface area contributed by atoms with Crippen LogP contribution in [0.4, 0.5) is 0 Å². The van der Waals surface area contributed by atoms with Gasteiger partial charge in [0.2, 0.25) is 0 Å². The summed E-state index contributed by atoms with van der Waals surface area (Å²) in [6.07, 6.45) is 0. The molecule has 0 heterocycles. The average Bonchev–Trinajstić information content (AvgIpc) is 1.78. The van der Waals surface area contributed by atoms with Gasteiger partial charge in [0, 0.05) is 11.3 Å². The van der Waals surface area contributed by atoms with Crippen molar-refractivity contribution in [2.24, 2.45) is 16.7 Å². The zero-order chi connectivity index (χ0) is 9.99. The molecule has 0 aromatic rings. The van der Waals surface area contributed by atoms with Crippen molar-refractivity contribution in [2.45, 2.75) is 48.5 Å². The van der Waals surface area contributed by atoms with Crippen LogP contribution in [0.15, 0.2) is 0 Å². The molecule has 0 radical (unpaired) electrons. The number of rotatable bonds is 0. The highest BCUT2D eigenvalue weighted by molar-refractivity contribution is 5.11. The summed E-state index contributed by atoms with van der Waals surface area (Å²) in [5.41, 5.74) is 0.442. The monoisotopic (exact) mass is 166 g/mol. The molecular weight excluding hydrogens is 144 g/mol. The lowest BCUT2D eigenvalue weighted by Gasteiger charge is -2.22. The maximum absolute atomic E-state index is 3.31. The van der Waals surface area contributed by atoms with Gasteiger partial charge in [-0.05, 0) is 26.2 Å². The third kappa shape index (κ3) is 5.24. The first-order valence-electron chi connectivity index (χ1n) is 4.65. The van der Waals surface area contributed by atoms with Crippen molar-refractivity contribution in [1.29, 1.82) is 0 Å². The van der Waals surface area contributed by atoms with Crippen molar-refractivity contribution in [3.63, 3.8) is 0 Å². The molecule has 1 unspecified atom stereocenters. The Morgan fingerprint density at radius 2 is 1.33 bits per heavy atom. The molecule has 0 aliphatic carbocycles. The molecule has 0 spiro atoms. The third-order valence-corrected chi connectivity index (χ3v) is 1.96. The highest BCUT2D eigenvalue weighted by atomic mass is 14.2. The molecule has 1 atom stereocenters. The highest BCUT2D eigenvalue weighted by Crippen LogP contribution is 2.25. The van der Waals surface area contributed by atoms with Gasteiger partial charge in [-0.25, -0.2) is 0 Å². The summed E-state index contributed by atoms with van der Waals surface area (Å²) in [7, 11) is 0. The van der Waals surface area contributed by atoms with Crippen LogP contribution in [0, 0.1) is 28.6 Å². The Morgan fingerprint density at radius 3 is 1.58 bits per heavy atom. The SMILES string of the molecule is CC(C#CC(C)(C)C)C(C)(C)C. The summed E-state index contributed by atoms with van der Waals surface area (Å²) in [4.78, 5) is 0. The van der Waals surface area contributed by atoms with Crippen LogP contribution in [0.25, 0.3) is 0 Å². The largest absolute Gasteiger partial charge is 0.0991 e. The number of hydrogen-bond donors (Lipinski definition) is 0. The maximum Gasteiger partial charge on any atom is 0.0230 e. The molecule has 0 aliphatic heterocycles. The van der Waals surface area contributed by atoms with Crippen LogP contribution in [-0.4, -0.2) is 0 Å². The van der Waals surface area contributed by atoms with Crippen molar-refractivity contribution in [3.05, 3.63) is 0 Å². The topological polar surface area (TPSA) is 0 Å². The summed E-state index contributed by atoms with van der Waals surface area (Å²) in [6, 6.07) is 0. The van der Waals surface area contributed by atoms with Gasteiger partial charge in [-0.2, -0.15) is 0 Å². The fraction of sp³-hybridized carbons (Fsp3) is 0.833. The van der Waals surface area contributed by atoms with Gasteiger partial charge in [-0.1, -0.05) is 39.5 Å². The van der Waals surface area contributed by atoms with Crippen LogP contribution in [0.1, 0.15) is 48.5 Å². The summed E-state index contributed by atoms with van der Waals surface area (Å²) < 4.78 is 0. The van der Waals surface area contributed by atoms with Gasteiger partial charge in [0.25, 0.3) is 0 Å². The predicted octanol–water partition coefficient (Wildman–Crippen LogP) is 3.72. The fourth-order valence-corrected chi connectivity index (χ4v) is 0.541. The van der Waals surface area contributed by atoms with Crippen LogP contribution in [0.2, 0.25) is 0 Å². The van der Waals surface area contributed by atoms with Gasteiger partial charge in [-0.3, -0.25) is 0 Å². The van der Waals surface area contributed by atoms with E-state index in [2.05, 4.69) is 60.3 Å². The molecule has 0 fully saturated rings. The first-order chi connectivity index (χ1) is 5.13. The van der Waals surface area contributed by atoms with E-state index in [1.807, 2.05) is 0 Å². The van der Waals surface area contributed by atoms with E-state index in [1.54, 1.807) is 0 Å². The van der Waals surface area contributed by atoms with Crippen LogP contribution >= 0.6 is 0 Å². The summed E-state index contributed by atoms with van der Waals surface area (Å²) >= 11 is 0. The smallest absolute Gasteiger partial charge is 0.0230 e. The first kappa shape index (κ1) is 11.6. The first-order valence-corrected chi connectivity index (χ1v) is 4.65. The average molecular weight is 166 g/mol. The molecular formula is C12H22. The zero-order valence-corrected chi connectivity index (χ0v) is 9.58. The van der Waals surface area contributed by atoms with Crippen molar-refractivity contribution >= 4 is 0 Å². The lowest BCUT2D eigenvalue weighted by Crippen LogP contribution is -2.16. The normalized spacial score (nSPS) is 14.9. The lowest BCUT2D eigenvalue weighted by atomic mass is 9.82. The molecule has 0 aromatic heterocycles. The van der Waals surface area contributed by atoms with E-state index in [0.29, 0.717) is 11.3 Å². The second-order valence-corrected chi connectivity index (χ2v) is 5.61. The van der Waals surface area contributed by atoms with Crippen LogP contribution in [0.5, 0.6) is 0 Å². The molecule has 0 rings (SSSR count). The molecule has 0 heteroatoms. The summed E-state index contributed by atoms with van der Waals surface area (Å²) in [5.74, 6) is 7.06. The molecule has 0 aromatic carbocycles. The molecule has 0 nitrogen and oxygen atoms in total. The Balaban J connectivity index is 4.34. The van der Waals surface area contributed by atoms with Crippen molar-refractivity contribution in [3.8, 4) is 11.8 Å². The molecule has 0 saturated heterocycles. The molecule has 12 heavy (non-hydrogen) atoms. The third-order valence-electron chi connectivity index (χ3n) is 1.96. The quantitative estimate of drug-likeness (QED) is 0.481. The van der Waals surface area contributed by atoms with Gasteiger partial charge in [0.05, 0.1) is 0 Å². The zero-order valence-electron chi connectivity index (χ0n) is 9.58. The van der Waals surface area contributed by atoms with Crippen molar-refractivity contribution < 1.29 is 0 Å². The van der Waals surface area contributed by atoms with E-state index in [1.165, 1.54) is 0 Å². The van der Waals surface area contributed by atoms with Crippen molar-refractivity contribution in [1.82, 2.24) is 0 Å². The van der Waals surface area contributed by atoms with Gasteiger partial charge < -0.3 is 0 Å². The van der Waals surface area contributed by atoms with E-state index in [4.69, 9.17) is 0 Å². The van der Waals surface area contributed by atoms with E-state index in [0.717, 1.165) is 0 Å². The van der Waals surface area contributed by atoms with Crippen LogP contribution < -0.4 is 0 Å². The number of hydrogen-bond acceptors (Lipinski definition) is 0. The molecule has 0 bridgehead atoms. The molecule has 70 valence electrons. The van der Waals surface area contributed by atoms with Gasteiger partial charge in [0.15, 0.2) is 0 Å². The summed E-state index contributed by atoms with van der Waals surface area (Å²) in [6.45, 7) is 15.3. The highest BCUT2D eigenvalue weighted by Gasteiger charge is 2.17. The Morgan fingerprint density at radius 1 is 0.917 bits per heavy atom. The Kier molecular flexibility index (Phi) is 3.39. The molecule has 0 N–H and O–H groups in total. The summed E-state index contributed by atoms with van der Waals surface area (Å²) in [5, 5.41) is 0. The van der Waals surface area contributed by atoms with Gasteiger partial charge in [0.1, 0.15) is 0 Å². The van der Waals surface area contributed by atoms with Gasteiger partial charge in [-0.15, -0.1) is 0 Å². The lowest BCUT2D eigenvalue weighted by molar-refractivity contribution is 0.323.